The van der Waals surface area contributed by atoms with Gasteiger partial charge in [0.25, 0.3) is 5.91 Å². The quantitative estimate of drug-likeness (QED) is 0.328. The SMILES string of the molecule is CC[C@H](C(=O)NC1CCCCC1)N(Cc1ccccc1C)C(=O)COc1ccc2ccccc2c1Br. The summed E-state index contributed by atoms with van der Waals surface area (Å²) >= 11 is 3.64. The second kappa shape index (κ2) is 12.4. The van der Waals surface area contributed by atoms with Crippen LogP contribution in [0.4, 0.5) is 0 Å². The van der Waals surface area contributed by atoms with E-state index in [2.05, 4.69) is 21.2 Å². The number of rotatable bonds is 9. The Labute approximate surface area is 222 Å². The smallest absolute Gasteiger partial charge is 0.261 e. The first kappa shape index (κ1) is 26.2. The van der Waals surface area contributed by atoms with E-state index in [1.54, 1.807) is 4.90 Å². The van der Waals surface area contributed by atoms with E-state index in [9.17, 15) is 9.59 Å². The van der Waals surface area contributed by atoms with Crippen molar-refractivity contribution in [1.29, 1.82) is 0 Å². The summed E-state index contributed by atoms with van der Waals surface area (Å²) in [7, 11) is 0. The van der Waals surface area contributed by atoms with Crippen molar-refractivity contribution in [2.24, 2.45) is 0 Å². The summed E-state index contributed by atoms with van der Waals surface area (Å²) in [6.07, 6.45) is 6.06. The van der Waals surface area contributed by atoms with Crippen LogP contribution in [0.1, 0.15) is 56.6 Å². The molecule has 1 aliphatic rings. The molecule has 3 aromatic carbocycles. The van der Waals surface area contributed by atoms with Gasteiger partial charge in [-0.1, -0.05) is 80.8 Å². The van der Waals surface area contributed by atoms with E-state index in [0.29, 0.717) is 18.7 Å². The molecule has 5 nitrogen and oxygen atoms in total. The maximum absolute atomic E-state index is 13.6. The van der Waals surface area contributed by atoms with Crippen molar-refractivity contribution < 1.29 is 14.3 Å². The Balaban J connectivity index is 1.54. The third-order valence-corrected chi connectivity index (χ3v) is 7.94. The molecule has 2 amide bonds. The summed E-state index contributed by atoms with van der Waals surface area (Å²) in [5, 5.41) is 5.35. The lowest BCUT2D eigenvalue weighted by Crippen LogP contribution is -2.52. The first-order valence-electron chi connectivity index (χ1n) is 12.9. The van der Waals surface area contributed by atoms with E-state index in [4.69, 9.17) is 4.74 Å². The molecular formula is C30H35BrN2O3. The second-order valence-corrected chi connectivity index (χ2v) is 10.4. The fourth-order valence-electron chi connectivity index (χ4n) is 4.98. The van der Waals surface area contributed by atoms with Crippen molar-refractivity contribution in [2.45, 2.75) is 71.0 Å². The summed E-state index contributed by atoms with van der Waals surface area (Å²) in [6, 6.07) is 19.5. The third kappa shape index (κ3) is 6.28. The molecule has 0 unspecified atom stereocenters. The van der Waals surface area contributed by atoms with E-state index in [-0.39, 0.29) is 24.5 Å². The van der Waals surface area contributed by atoms with Crippen molar-refractivity contribution in [3.8, 4) is 5.75 Å². The van der Waals surface area contributed by atoms with Gasteiger partial charge in [0.2, 0.25) is 5.91 Å². The summed E-state index contributed by atoms with van der Waals surface area (Å²) < 4.78 is 6.83. The molecule has 0 saturated heterocycles. The first-order chi connectivity index (χ1) is 17.5. The number of benzene rings is 3. The average molecular weight is 552 g/mol. The van der Waals surface area contributed by atoms with Crippen molar-refractivity contribution in [2.75, 3.05) is 6.61 Å². The molecule has 1 aliphatic carbocycles. The standard InChI is InChI=1S/C30H35BrN2O3/c1-3-26(30(35)32-24-14-5-4-6-15-24)33(19-23-13-8-7-11-21(23)2)28(34)20-36-27-18-17-22-12-9-10-16-25(22)29(27)31/h7-13,16-18,24,26H,3-6,14-15,19-20H2,1-2H3,(H,32,35)/t26-/m1/s1. The Morgan fingerprint density at radius 3 is 2.50 bits per heavy atom. The molecule has 0 aliphatic heterocycles. The monoisotopic (exact) mass is 550 g/mol. The highest BCUT2D eigenvalue weighted by atomic mass is 79.9. The normalized spacial score (nSPS) is 14.9. The van der Waals surface area contributed by atoms with Gasteiger partial charge in [-0.25, -0.2) is 0 Å². The van der Waals surface area contributed by atoms with Crippen molar-refractivity contribution in [3.63, 3.8) is 0 Å². The fourth-order valence-corrected chi connectivity index (χ4v) is 5.59. The predicted molar refractivity (Wildman–Crippen MR) is 148 cm³/mol. The molecule has 0 heterocycles. The minimum absolute atomic E-state index is 0.0711. The number of fused-ring (bicyclic) bond motifs is 1. The molecule has 0 bridgehead atoms. The lowest BCUT2D eigenvalue weighted by atomic mass is 9.95. The molecule has 0 spiro atoms. The number of halogens is 1. The number of ether oxygens (including phenoxy) is 1. The van der Waals surface area contributed by atoms with Crippen LogP contribution >= 0.6 is 15.9 Å². The first-order valence-corrected chi connectivity index (χ1v) is 13.7. The predicted octanol–water partition coefficient (Wildman–Crippen LogP) is 6.55. The summed E-state index contributed by atoms with van der Waals surface area (Å²) in [4.78, 5) is 28.7. The van der Waals surface area contributed by atoms with E-state index in [1.807, 2.05) is 74.5 Å². The molecule has 3 aromatic rings. The van der Waals surface area contributed by atoms with Gasteiger partial charge in [-0.2, -0.15) is 0 Å². The van der Waals surface area contributed by atoms with Crippen molar-refractivity contribution in [3.05, 3.63) is 76.3 Å². The number of aryl methyl sites for hydroxylation is 1. The van der Waals surface area contributed by atoms with Gasteiger partial charge in [-0.05, 0) is 70.1 Å². The van der Waals surface area contributed by atoms with Crippen molar-refractivity contribution in [1.82, 2.24) is 10.2 Å². The van der Waals surface area contributed by atoms with Crippen LogP contribution in [0.15, 0.2) is 65.1 Å². The van der Waals surface area contributed by atoms with Gasteiger partial charge < -0.3 is 15.0 Å². The second-order valence-electron chi connectivity index (χ2n) is 9.60. The number of carbonyl (C=O) groups excluding carboxylic acids is 2. The van der Waals surface area contributed by atoms with Crippen LogP contribution in [0.25, 0.3) is 10.8 Å². The van der Waals surface area contributed by atoms with Crippen molar-refractivity contribution >= 4 is 38.5 Å². The zero-order chi connectivity index (χ0) is 25.5. The Hall–Kier alpha value is -2.86. The van der Waals surface area contributed by atoms with Gasteiger partial charge in [0.1, 0.15) is 11.8 Å². The maximum atomic E-state index is 13.6. The van der Waals surface area contributed by atoms with Crippen LogP contribution in [0.5, 0.6) is 5.75 Å². The van der Waals surface area contributed by atoms with E-state index in [1.165, 1.54) is 6.42 Å². The Morgan fingerprint density at radius 1 is 1.03 bits per heavy atom. The molecule has 6 heteroatoms. The molecule has 0 aromatic heterocycles. The minimum Gasteiger partial charge on any atom is -0.483 e. The molecule has 4 rings (SSSR count). The van der Waals surface area contributed by atoms with Gasteiger partial charge in [-0.15, -0.1) is 0 Å². The lowest BCUT2D eigenvalue weighted by Gasteiger charge is -2.33. The largest absolute Gasteiger partial charge is 0.483 e. The zero-order valence-corrected chi connectivity index (χ0v) is 22.7. The number of carbonyl (C=O) groups is 2. The molecule has 190 valence electrons. The third-order valence-electron chi connectivity index (χ3n) is 7.12. The summed E-state index contributed by atoms with van der Waals surface area (Å²) in [6.45, 7) is 4.22. The maximum Gasteiger partial charge on any atom is 0.261 e. The Bertz CT molecular complexity index is 1210. The topological polar surface area (TPSA) is 58.6 Å². The average Bonchev–Trinajstić information content (AvgIpc) is 2.90. The Morgan fingerprint density at radius 2 is 1.75 bits per heavy atom. The van der Waals surface area contributed by atoms with Gasteiger partial charge in [0.05, 0.1) is 4.47 Å². The van der Waals surface area contributed by atoms with Gasteiger partial charge in [-0.3, -0.25) is 9.59 Å². The van der Waals surface area contributed by atoms with Gasteiger partial charge in [0.15, 0.2) is 6.61 Å². The molecular weight excluding hydrogens is 516 g/mol. The van der Waals surface area contributed by atoms with Crippen LogP contribution in [0.2, 0.25) is 0 Å². The summed E-state index contributed by atoms with van der Waals surface area (Å²) in [5.74, 6) is 0.333. The highest BCUT2D eigenvalue weighted by molar-refractivity contribution is 9.10. The van der Waals surface area contributed by atoms with E-state index >= 15 is 0 Å². The number of hydrogen-bond acceptors (Lipinski definition) is 3. The Kier molecular flexibility index (Phi) is 9.03. The van der Waals surface area contributed by atoms with Crippen LogP contribution in [0, 0.1) is 6.92 Å². The number of hydrogen-bond donors (Lipinski definition) is 1. The van der Waals surface area contributed by atoms with Gasteiger partial charge in [0, 0.05) is 12.6 Å². The fraction of sp³-hybridized carbons (Fsp3) is 0.400. The molecule has 1 fully saturated rings. The van der Waals surface area contributed by atoms with E-state index in [0.717, 1.165) is 52.1 Å². The summed E-state index contributed by atoms with van der Waals surface area (Å²) in [5.41, 5.74) is 2.12. The minimum atomic E-state index is -0.553. The van der Waals surface area contributed by atoms with E-state index < -0.39 is 6.04 Å². The molecule has 36 heavy (non-hydrogen) atoms. The molecule has 1 N–H and O–H groups in total. The number of nitrogens with one attached hydrogen (secondary N) is 1. The highest BCUT2D eigenvalue weighted by Crippen LogP contribution is 2.33. The number of nitrogens with zero attached hydrogens (tertiary/aromatic N) is 1. The van der Waals surface area contributed by atoms with Crippen LogP contribution in [0.3, 0.4) is 0 Å². The zero-order valence-electron chi connectivity index (χ0n) is 21.1. The molecule has 1 saturated carbocycles. The van der Waals surface area contributed by atoms with Gasteiger partial charge >= 0.3 is 0 Å². The van der Waals surface area contributed by atoms with Crippen LogP contribution < -0.4 is 10.1 Å². The lowest BCUT2D eigenvalue weighted by molar-refractivity contribution is -0.143. The molecule has 0 radical (unpaired) electrons. The van der Waals surface area contributed by atoms with Crippen LogP contribution in [-0.4, -0.2) is 35.4 Å². The number of amides is 2. The van der Waals surface area contributed by atoms with Crippen LogP contribution in [-0.2, 0) is 16.1 Å². The highest BCUT2D eigenvalue weighted by Gasteiger charge is 2.31. The molecule has 1 atom stereocenters.